The number of phenolic OH excluding ortho intramolecular Hbond substituents is 1. The van der Waals surface area contributed by atoms with E-state index in [4.69, 9.17) is 25.7 Å². The first-order chi connectivity index (χ1) is 25.8. The van der Waals surface area contributed by atoms with Crippen LogP contribution in [0.1, 0.15) is 105 Å². The van der Waals surface area contributed by atoms with Gasteiger partial charge in [-0.3, -0.25) is 9.59 Å². The zero-order chi connectivity index (χ0) is 38.6. The van der Waals surface area contributed by atoms with Gasteiger partial charge in [0.1, 0.15) is 17.8 Å². The van der Waals surface area contributed by atoms with Crippen molar-refractivity contribution in [3.05, 3.63) is 52.9 Å². The molecule has 0 aliphatic heterocycles. The number of carbonyl (C=O) groups excluding carboxylic acids is 3. The smallest absolute Gasteiger partial charge is 0.405 e. The van der Waals surface area contributed by atoms with E-state index in [1.807, 2.05) is 27.9 Å². The van der Waals surface area contributed by atoms with Gasteiger partial charge in [0.05, 0.1) is 0 Å². The number of anilines is 1. The summed E-state index contributed by atoms with van der Waals surface area (Å²) >= 11 is 0. The lowest BCUT2D eigenvalue weighted by Gasteiger charge is -2.55. The minimum absolute atomic E-state index is 0.0700. The predicted octanol–water partition coefficient (Wildman–Crippen LogP) is 4.20. The second-order valence-electron chi connectivity index (χ2n) is 16.4. The first-order valence-corrected chi connectivity index (χ1v) is 19.4. The van der Waals surface area contributed by atoms with Crippen molar-refractivity contribution >= 4 is 23.9 Å². The number of aromatic nitrogens is 4. The summed E-state index contributed by atoms with van der Waals surface area (Å²) in [6, 6.07) is 1.57. The summed E-state index contributed by atoms with van der Waals surface area (Å²) in [6.45, 7) is 5.00. The Kier molecular flexibility index (Phi) is 12.1. The first-order valence-electron chi connectivity index (χ1n) is 19.4. The Labute approximate surface area is 317 Å². The fourth-order valence-corrected chi connectivity index (χ4v) is 9.61. The van der Waals surface area contributed by atoms with Crippen molar-refractivity contribution in [2.45, 2.75) is 121 Å². The number of benzene rings is 1. The largest absolute Gasteiger partial charge is 0.508 e. The van der Waals surface area contributed by atoms with Crippen LogP contribution < -0.4 is 22.1 Å². The lowest BCUT2D eigenvalue weighted by atomic mass is 9.49. The number of hydrogen-bond acceptors (Lipinski definition) is 11. The molecule has 3 amide bonds. The van der Waals surface area contributed by atoms with Gasteiger partial charge < -0.3 is 45.9 Å². The number of primary amides is 1. The van der Waals surface area contributed by atoms with Crippen LogP contribution in [0.3, 0.4) is 0 Å². The van der Waals surface area contributed by atoms with Crippen LogP contribution in [0.4, 0.5) is 10.7 Å². The van der Waals surface area contributed by atoms with Crippen LogP contribution in [0.2, 0.25) is 0 Å². The predicted molar refractivity (Wildman–Crippen MR) is 201 cm³/mol. The molecule has 54 heavy (non-hydrogen) atoms. The van der Waals surface area contributed by atoms with E-state index in [1.54, 1.807) is 29.1 Å². The highest BCUT2D eigenvalue weighted by Crippen LogP contribution is 2.60. The molecule has 2 heterocycles. The van der Waals surface area contributed by atoms with Gasteiger partial charge in [-0.2, -0.15) is 4.98 Å². The Morgan fingerprint density at radius 3 is 2.28 bits per heavy atom. The number of carbonyl (C=O) groups is 3. The molecule has 2 aromatic heterocycles. The van der Waals surface area contributed by atoms with Gasteiger partial charge in [-0.25, -0.2) is 9.78 Å². The molecule has 15 nitrogen and oxygen atoms in total. The maximum atomic E-state index is 14.4. The molecule has 3 unspecified atom stereocenters. The van der Waals surface area contributed by atoms with Gasteiger partial charge in [-0.05, 0) is 152 Å². The van der Waals surface area contributed by atoms with Crippen LogP contribution in [0.15, 0.2) is 29.0 Å². The van der Waals surface area contributed by atoms with E-state index in [0.29, 0.717) is 49.0 Å². The van der Waals surface area contributed by atoms with Crippen molar-refractivity contribution in [1.29, 1.82) is 0 Å². The van der Waals surface area contributed by atoms with Crippen LogP contribution in [0, 0.1) is 31.6 Å². The molecule has 1 aromatic carbocycles. The minimum atomic E-state index is -1.26. The quantitative estimate of drug-likeness (QED) is 0.116. The molecule has 4 aliphatic rings. The molecule has 7 rings (SSSR count). The Hall–Kier alpha value is -4.66. The number of phenols is 1. The highest BCUT2D eigenvalue weighted by molar-refractivity contribution is 5.90. The minimum Gasteiger partial charge on any atom is -0.508 e. The van der Waals surface area contributed by atoms with E-state index in [9.17, 15) is 19.5 Å². The zero-order valence-electron chi connectivity index (χ0n) is 32.1. The second kappa shape index (κ2) is 16.8. The van der Waals surface area contributed by atoms with E-state index < -0.39 is 36.1 Å². The Balaban J connectivity index is 1.23. The molecule has 0 saturated heterocycles. The first kappa shape index (κ1) is 39.0. The summed E-state index contributed by atoms with van der Waals surface area (Å²) in [4.78, 5) is 51.4. The van der Waals surface area contributed by atoms with Crippen molar-refractivity contribution in [2.24, 2.45) is 23.5 Å². The number of nitrogen functional groups attached to an aromatic ring is 1. The van der Waals surface area contributed by atoms with E-state index in [1.165, 1.54) is 19.3 Å². The van der Waals surface area contributed by atoms with Crippen LogP contribution in [0.5, 0.6) is 5.75 Å². The number of aromatic hydroxyl groups is 1. The number of ether oxygens (including phenoxy) is 1. The summed E-state index contributed by atoms with van der Waals surface area (Å²) in [7, 11) is 4.05. The van der Waals surface area contributed by atoms with Crippen LogP contribution in [-0.2, 0) is 32.7 Å². The number of unbranched alkanes of at least 4 members (excludes halogenated alkanes) is 1. The summed E-state index contributed by atoms with van der Waals surface area (Å²) in [5.74, 6) is 2.58. The molecule has 4 fully saturated rings. The van der Waals surface area contributed by atoms with Gasteiger partial charge >= 0.3 is 6.09 Å². The summed E-state index contributed by atoms with van der Waals surface area (Å²) in [6.07, 6.45) is 11.0. The molecule has 15 heteroatoms. The van der Waals surface area contributed by atoms with E-state index >= 15 is 0 Å². The van der Waals surface area contributed by atoms with Crippen molar-refractivity contribution in [3.63, 3.8) is 0 Å². The van der Waals surface area contributed by atoms with Crippen LogP contribution >= 0.6 is 0 Å². The number of rotatable bonds is 18. The van der Waals surface area contributed by atoms with E-state index in [-0.39, 0.29) is 24.0 Å². The number of nitrogens with two attached hydrogens (primary N) is 2. The van der Waals surface area contributed by atoms with E-state index in [0.717, 1.165) is 61.2 Å². The van der Waals surface area contributed by atoms with Gasteiger partial charge in [0.2, 0.25) is 11.8 Å². The monoisotopic (exact) mass is 747 g/mol. The molecule has 4 saturated carbocycles. The number of nitrogens with one attached hydrogen (secondary N) is 2. The number of imidazole rings is 1. The second-order valence-corrected chi connectivity index (χ2v) is 16.4. The summed E-state index contributed by atoms with van der Waals surface area (Å²) in [5, 5.41) is 20.8. The van der Waals surface area contributed by atoms with Crippen molar-refractivity contribution in [2.75, 3.05) is 26.4 Å². The standard InChI is InChI=1S/C39H57N9O6/c1-23-14-28(49)15-24(2)29(23)19-31(44-34(51)32(53-38(41)52)9-7-12-48-13-10-42-37(48)40)33(50)43-30(8-5-6-11-47(3)4)35-45-36(46-54-35)39-20-25-16-26(21-39)18-27(17-25)22-39/h10,13-15,25-27,30-32,49H,5-9,11-12,16-22H2,1-4H3,(H2,40,42)(H2,41,52)(H,43,50)(H,44,51). The Bertz CT molecular complexity index is 1730. The van der Waals surface area contributed by atoms with Gasteiger partial charge in [-0.15, -0.1) is 0 Å². The number of nitrogens with zero attached hydrogens (tertiary/aromatic N) is 5. The third kappa shape index (κ3) is 9.34. The zero-order valence-corrected chi connectivity index (χ0v) is 32.1. The fraction of sp³-hybridized carbons (Fsp3) is 0.641. The SMILES string of the molecule is Cc1cc(O)cc(C)c1CC(NC(=O)C(CCCn1ccnc1N)OC(N)=O)C(=O)NC(CCCCN(C)C)c1nc(C23CC4CC(CC(C4)C2)C3)no1. The van der Waals surface area contributed by atoms with Gasteiger partial charge in [0, 0.05) is 30.8 Å². The Morgan fingerprint density at radius 2 is 1.69 bits per heavy atom. The molecule has 294 valence electrons. The molecule has 4 aliphatic carbocycles. The maximum Gasteiger partial charge on any atom is 0.405 e. The molecular formula is C39H57N9O6. The molecular weight excluding hydrogens is 690 g/mol. The van der Waals surface area contributed by atoms with E-state index in [2.05, 4.69) is 25.7 Å². The topological polar surface area (TPSA) is 217 Å². The number of hydrogen-bond donors (Lipinski definition) is 5. The highest BCUT2D eigenvalue weighted by Gasteiger charge is 2.54. The molecule has 3 aromatic rings. The van der Waals surface area contributed by atoms with Crippen LogP contribution in [-0.4, -0.2) is 80.4 Å². The average Bonchev–Trinajstić information content (AvgIpc) is 3.75. The van der Waals surface area contributed by atoms with Crippen molar-refractivity contribution in [1.82, 2.24) is 35.2 Å². The molecule has 0 radical (unpaired) electrons. The third-order valence-electron chi connectivity index (χ3n) is 11.8. The molecule has 3 atom stereocenters. The lowest BCUT2D eigenvalue weighted by Crippen LogP contribution is -2.52. The molecule has 4 bridgehead atoms. The van der Waals surface area contributed by atoms with Gasteiger partial charge in [0.25, 0.3) is 5.91 Å². The van der Waals surface area contributed by atoms with Crippen molar-refractivity contribution < 1.29 is 28.8 Å². The van der Waals surface area contributed by atoms with Crippen molar-refractivity contribution in [3.8, 4) is 5.75 Å². The lowest BCUT2D eigenvalue weighted by molar-refractivity contribution is -0.134. The Morgan fingerprint density at radius 1 is 1.02 bits per heavy atom. The maximum absolute atomic E-state index is 14.4. The molecule has 7 N–H and O–H groups in total. The normalized spacial score (nSPS) is 23.2. The fourth-order valence-electron chi connectivity index (χ4n) is 9.61. The molecule has 0 spiro atoms. The van der Waals surface area contributed by atoms with Gasteiger partial charge in [0.15, 0.2) is 17.9 Å². The van der Waals surface area contributed by atoms with Gasteiger partial charge in [-0.1, -0.05) is 5.16 Å². The number of amides is 3. The summed E-state index contributed by atoms with van der Waals surface area (Å²) < 4.78 is 13.0. The summed E-state index contributed by atoms with van der Waals surface area (Å²) in [5.41, 5.74) is 13.5. The third-order valence-corrected chi connectivity index (χ3v) is 11.8. The van der Waals surface area contributed by atoms with Crippen LogP contribution in [0.25, 0.3) is 0 Å². The highest BCUT2D eigenvalue weighted by atomic mass is 16.6. The average molecular weight is 748 g/mol. The number of aryl methyl sites for hydroxylation is 3.